The van der Waals surface area contributed by atoms with Crippen molar-refractivity contribution >= 4 is 17.3 Å². The number of carbonyl (C=O) groups is 1. The Hall–Kier alpha value is -2.24. The number of non-ortho nitro benzene ring substituents is 1. The highest BCUT2D eigenvalue weighted by atomic mass is 16.6. The van der Waals surface area contributed by atoms with Crippen molar-refractivity contribution in [2.45, 2.75) is 25.7 Å². The Morgan fingerprint density at radius 2 is 2.33 bits per heavy atom. The maximum absolute atomic E-state index is 11.4. The molecule has 1 heterocycles. The molecule has 0 aliphatic carbocycles. The maximum atomic E-state index is 11.4. The zero-order valence-corrected chi connectivity index (χ0v) is 9.92. The largest absolute Gasteiger partial charge is 0.273 e. The normalized spacial score (nSPS) is 19.1. The SMILES string of the molecule is CCC1=NNC(=O)CC1c1cccc([N+](=O)[O-])c1. The lowest BCUT2D eigenvalue weighted by atomic mass is 9.88. The average Bonchev–Trinajstić information content (AvgIpc) is 2.39. The van der Waals surface area contributed by atoms with Crippen LogP contribution in [0.15, 0.2) is 29.4 Å². The minimum absolute atomic E-state index is 0.0361. The van der Waals surface area contributed by atoms with Crippen LogP contribution < -0.4 is 5.43 Å². The minimum Gasteiger partial charge on any atom is -0.273 e. The van der Waals surface area contributed by atoms with E-state index < -0.39 is 4.92 Å². The lowest BCUT2D eigenvalue weighted by molar-refractivity contribution is -0.384. The molecule has 1 unspecified atom stereocenters. The van der Waals surface area contributed by atoms with Gasteiger partial charge in [-0.25, -0.2) is 5.43 Å². The molecule has 1 N–H and O–H groups in total. The van der Waals surface area contributed by atoms with Crippen molar-refractivity contribution < 1.29 is 9.72 Å². The summed E-state index contributed by atoms with van der Waals surface area (Å²) in [5.74, 6) is -0.327. The molecule has 1 aliphatic rings. The van der Waals surface area contributed by atoms with Gasteiger partial charge in [-0.15, -0.1) is 0 Å². The Labute approximate surface area is 104 Å². The Balaban J connectivity index is 2.37. The molecule has 1 atom stereocenters. The molecule has 0 saturated heterocycles. The molecule has 0 fully saturated rings. The van der Waals surface area contributed by atoms with Crippen LogP contribution in [0.1, 0.15) is 31.2 Å². The Bertz CT molecular complexity index is 525. The van der Waals surface area contributed by atoms with E-state index in [1.807, 2.05) is 6.92 Å². The van der Waals surface area contributed by atoms with E-state index in [-0.39, 0.29) is 23.9 Å². The predicted molar refractivity (Wildman–Crippen MR) is 66.3 cm³/mol. The highest BCUT2D eigenvalue weighted by Gasteiger charge is 2.25. The van der Waals surface area contributed by atoms with Gasteiger partial charge < -0.3 is 0 Å². The van der Waals surface area contributed by atoms with Crippen LogP contribution in [-0.4, -0.2) is 16.5 Å². The highest BCUT2D eigenvalue weighted by molar-refractivity contribution is 5.97. The molecule has 0 saturated carbocycles. The van der Waals surface area contributed by atoms with Crippen molar-refractivity contribution in [3.05, 3.63) is 39.9 Å². The lowest BCUT2D eigenvalue weighted by Crippen LogP contribution is -2.31. The number of benzene rings is 1. The van der Waals surface area contributed by atoms with Crippen LogP contribution in [-0.2, 0) is 4.79 Å². The van der Waals surface area contributed by atoms with E-state index in [4.69, 9.17) is 0 Å². The smallest absolute Gasteiger partial charge is 0.269 e. The number of hydrazone groups is 1. The molecule has 6 nitrogen and oxygen atoms in total. The summed E-state index contributed by atoms with van der Waals surface area (Å²) in [5.41, 5.74) is 4.08. The first-order valence-electron chi connectivity index (χ1n) is 5.71. The molecule has 94 valence electrons. The molecule has 1 aromatic rings. The van der Waals surface area contributed by atoms with Gasteiger partial charge in [0.25, 0.3) is 5.69 Å². The van der Waals surface area contributed by atoms with Gasteiger partial charge in [0.05, 0.1) is 4.92 Å². The minimum atomic E-state index is -0.435. The van der Waals surface area contributed by atoms with E-state index in [1.165, 1.54) is 12.1 Å². The summed E-state index contributed by atoms with van der Waals surface area (Å²) in [6.07, 6.45) is 0.988. The van der Waals surface area contributed by atoms with Crippen molar-refractivity contribution in [3.63, 3.8) is 0 Å². The fraction of sp³-hybridized carbons (Fsp3) is 0.333. The fourth-order valence-electron chi connectivity index (χ4n) is 2.05. The van der Waals surface area contributed by atoms with E-state index in [0.29, 0.717) is 6.42 Å². The van der Waals surface area contributed by atoms with Crippen molar-refractivity contribution in [1.82, 2.24) is 5.43 Å². The third-order valence-corrected chi connectivity index (χ3v) is 2.96. The second-order valence-corrected chi connectivity index (χ2v) is 4.10. The number of amides is 1. The van der Waals surface area contributed by atoms with Crippen molar-refractivity contribution in [2.24, 2.45) is 5.10 Å². The van der Waals surface area contributed by atoms with Gasteiger partial charge in [-0.3, -0.25) is 14.9 Å². The monoisotopic (exact) mass is 247 g/mol. The molecule has 0 spiro atoms. The predicted octanol–water partition coefficient (Wildman–Crippen LogP) is 1.96. The van der Waals surface area contributed by atoms with Crippen molar-refractivity contribution in [3.8, 4) is 0 Å². The van der Waals surface area contributed by atoms with E-state index in [1.54, 1.807) is 12.1 Å². The molecular formula is C12H13N3O3. The quantitative estimate of drug-likeness (QED) is 0.654. The molecule has 1 aromatic carbocycles. The molecular weight excluding hydrogens is 234 g/mol. The molecule has 6 heteroatoms. The summed E-state index contributed by atoms with van der Waals surface area (Å²) in [6, 6.07) is 6.37. The number of rotatable bonds is 3. The van der Waals surface area contributed by atoms with Crippen molar-refractivity contribution in [2.75, 3.05) is 0 Å². The number of hydrogen-bond acceptors (Lipinski definition) is 4. The van der Waals surface area contributed by atoms with Crippen LogP contribution in [0, 0.1) is 10.1 Å². The number of hydrogen-bond donors (Lipinski definition) is 1. The summed E-state index contributed by atoms with van der Waals surface area (Å²) in [6.45, 7) is 1.95. The molecule has 2 rings (SSSR count). The van der Waals surface area contributed by atoms with Crippen molar-refractivity contribution in [1.29, 1.82) is 0 Å². The van der Waals surface area contributed by atoms with Crippen LogP contribution in [0.5, 0.6) is 0 Å². The molecule has 1 aliphatic heterocycles. The summed E-state index contributed by atoms with van der Waals surface area (Å²) < 4.78 is 0. The van der Waals surface area contributed by atoms with Crippen LogP contribution >= 0.6 is 0 Å². The third kappa shape index (κ3) is 2.37. The zero-order valence-electron chi connectivity index (χ0n) is 9.92. The number of nitrogens with zero attached hydrogens (tertiary/aromatic N) is 2. The van der Waals surface area contributed by atoms with Crippen LogP contribution in [0.25, 0.3) is 0 Å². The van der Waals surface area contributed by atoms with Gasteiger partial charge in [0.2, 0.25) is 5.91 Å². The lowest BCUT2D eigenvalue weighted by Gasteiger charge is -2.22. The van der Waals surface area contributed by atoms with Gasteiger partial charge in [0, 0.05) is 30.2 Å². The van der Waals surface area contributed by atoms with E-state index >= 15 is 0 Å². The first-order chi connectivity index (χ1) is 8.61. The Kier molecular flexibility index (Phi) is 3.36. The van der Waals surface area contributed by atoms with E-state index in [0.717, 1.165) is 11.3 Å². The Morgan fingerprint density at radius 1 is 1.56 bits per heavy atom. The van der Waals surface area contributed by atoms with Gasteiger partial charge in [-0.1, -0.05) is 19.1 Å². The van der Waals surface area contributed by atoms with Gasteiger partial charge in [0.15, 0.2) is 0 Å². The summed E-state index contributed by atoms with van der Waals surface area (Å²) in [7, 11) is 0. The zero-order chi connectivity index (χ0) is 13.1. The fourth-order valence-corrected chi connectivity index (χ4v) is 2.05. The molecule has 0 bridgehead atoms. The van der Waals surface area contributed by atoms with E-state index in [2.05, 4.69) is 10.5 Å². The number of carbonyl (C=O) groups excluding carboxylic acids is 1. The topological polar surface area (TPSA) is 84.6 Å². The van der Waals surface area contributed by atoms with Gasteiger partial charge in [-0.2, -0.15) is 5.10 Å². The first-order valence-corrected chi connectivity index (χ1v) is 5.71. The van der Waals surface area contributed by atoms with Gasteiger partial charge in [0.1, 0.15) is 0 Å². The Morgan fingerprint density at radius 3 is 3.00 bits per heavy atom. The first kappa shape index (κ1) is 12.2. The maximum Gasteiger partial charge on any atom is 0.269 e. The second kappa shape index (κ2) is 4.95. The molecule has 1 amide bonds. The number of nitro benzene ring substituents is 1. The van der Waals surface area contributed by atoms with Crippen LogP contribution in [0.2, 0.25) is 0 Å². The van der Waals surface area contributed by atoms with E-state index in [9.17, 15) is 14.9 Å². The molecule has 0 radical (unpaired) electrons. The third-order valence-electron chi connectivity index (χ3n) is 2.96. The van der Waals surface area contributed by atoms with Crippen LogP contribution in [0.4, 0.5) is 5.69 Å². The number of nitro groups is 1. The van der Waals surface area contributed by atoms with Gasteiger partial charge >= 0.3 is 0 Å². The highest BCUT2D eigenvalue weighted by Crippen LogP contribution is 2.27. The average molecular weight is 247 g/mol. The summed E-state index contributed by atoms with van der Waals surface area (Å²) in [5, 5.41) is 14.8. The van der Waals surface area contributed by atoms with Gasteiger partial charge in [-0.05, 0) is 12.0 Å². The summed E-state index contributed by atoms with van der Waals surface area (Å²) >= 11 is 0. The molecule has 0 aromatic heterocycles. The number of nitrogens with one attached hydrogen (secondary N) is 1. The molecule has 18 heavy (non-hydrogen) atoms. The second-order valence-electron chi connectivity index (χ2n) is 4.10. The summed E-state index contributed by atoms with van der Waals surface area (Å²) in [4.78, 5) is 21.7. The standard InChI is InChI=1S/C12H13N3O3/c1-2-11-10(7-12(16)14-13-11)8-4-3-5-9(6-8)15(17)18/h3-6,10H,2,7H2,1H3,(H,14,16). The van der Waals surface area contributed by atoms with Crippen LogP contribution in [0.3, 0.4) is 0 Å².